The Morgan fingerprint density at radius 1 is 1.30 bits per heavy atom. The molecular formula is C17H20N4O4S2. The van der Waals surface area contributed by atoms with Crippen molar-refractivity contribution >= 4 is 44.0 Å². The largest absolute Gasteiger partial charge is 0.312 e. The van der Waals surface area contributed by atoms with Crippen molar-refractivity contribution in [3.8, 4) is 0 Å². The minimum absolute atomic E-state index is 0.105. The first kappa shape index (κ1) is 19.5. The molecule has 2 aromatic rings. The third-order valence-corrected chi connectivity index (χ3v) is 6.98. The lowest BCUT2D eigenvalue weighted by molar-refractivity contribution is -0.122. The van der Waals surface area contributed by atoms with Crippen LogP contribution in [0, 0.1) is 12.8 Å². The molecule has 1 aromatic heterocycles. The van der Waals surface area contributed by atoms with Gasteiger partial charge < -0.3 is 10.2 Å². The van der Waals surface area contributed by atoms with Crippen molar-refractivity contribution < 1.29 is 18.0 Å². The van der Waals surface area contributed by atoms with Crippen molar-refractivity contribution in [3.63, 3.8) is 0 Å². The second-order valence-electron chi connectivity index (χ2n) is 6.47. The summed E-state index contributed by atoms with van der Waals surface area (Å²) in [5, 5.41) is 5.10. The lowest BCUT2D eigenvalue weighted by atomic mass is 10.1. The van der Waals surface area contributed by atoms with Crippen LogP contribution in [0.3, 0.4) is 0 Å². The molecule has 2 amide bonds. The van der Waals surface area contributed by atoms with Gasteiger partial charge in [-0.15, -0.1) is 11.3 Å². The maximum absolute atomic E-state index is 12.4. The van der Waals surface area contributed by atoms with E-state index in [4.69, 9.17) is 0 Å². The minimum atomic E-state index is -3.53. The molecule has 1 atom stereocenters. The van der Waals surface area contributed by atoms with Gasteiger partial charge in [0.1, 0.15) is 0 Å². The zero-order chi connectivity index (χ0) is 19.8. The summed E-state index contributed by atoms with van der Waals surface area (Å²) < 4.78 is 25.4. The fraction of sp³-hybridized carbons (Fsp3) is 0.353. The topological polar surface area (TPSA) is 99.7 Å². The number of amides is 2. The summed E-state index contributed by atoms with van der Waals surface area (Å²) in [6.07, 6.45) is 0.105. The zero-order valence-corrected chi connectivity index (χ0v) is 16.8. The van der Waals surface area contributed by atoms with Gasteiger partial charge >= 0.3 is 0 Å². The Hall–Kier alpha value is -2.30. The van der Waals surface area contributed by atoms with Crippen molar-refractivity contribution in [2.75, 3.05) is 30.9 Å². The first-order valence-electron chi connectivity index (χ1n) is 8.24. The van der Waals surface area contributed by atoms with Crippen LogP contribution >= 0.6 is 11.3 Å². The SMILES string of the molecule is Cc1csc(NC(=O)[C@H]2CC(=O)N(c3ccc(S(=O)(=O)N(C)C)cc3)C2)n1. The standard InChI is InChI=1S/C17H20N4O4S2/c1-11-10-26-17(18-11)19-16(23)12-8-15(22)21(9-12)13-4-6-14(7-5-13)27(24,25)20(2)3/h4-7,10,12H,8-9H2,1-3H3,(H,18,19,23)/t12-/m0/s1. The van der Waals surface area contributed by atoms with Gasteiger partial charge in [-0.05, 0) is 31.2 Å². The van der Waals surface area contributed by atoms with Gasteiger partial charge in [0.2, 0.25) is 21.8 Å². The molecule has 0 aliphatic carbocycles. The van der Waals surface area contributed by atoms with Crippen molar-refractivity contribution in [3.05, 3.63) is 35.3 Å². The van der Waals surface area contributed by atoms with E-state index in [0.29, 0.717) is 10.8 Å². The summed E-state index contributed by atoms with van der Waals surface area (Å²) >= 11 is 1.34. The van der Waals surface area contributed by atoms with Crippen LogP contribution in [-0.2, 0) is 19.6 Å². The highest BCUT2D eigenvalue weighted by Crippen LogP contribution is 2.28. The molecule has 27 heavy (non-hydrogen) atoms. The summed E-state index contributed by atoms with van der Waals surface area (Å²) in [5.41, 5.74) is 1.39. The number of hydrogen-bond donors (Lipinski definition) is 1. The highest BCUT2D eigenvalue weighted by Gasteiger charge is 2.35. The Balaban J connectivity index is 1.71. The van der Waals surface area contributed by atoms with E-state index in [9.17, 15) is 18.0 Å². The molecule has 8 nitrogen and oxygen atoms in total. The lowest BCUT2D eigenvalue weighted by Crippen LogP contribution is -2.28. The lowest BCUT2D eigenvalue weighted by Gasteiger charge is -2.18. The number of aromatic nitrogens is 1. The Labute approximate surface area is 161 Å². The second kappa shape index (κ2) is 7.37. The maximum atomic E-state index is 12.4. The number of aryl methyl sites for hydroxylation is 1. The van der Waals surface area contributed by atoms with E-state index in [-0.39, 0.29) is 29.7 Å². The fourth-order valence-corrected chi connectivity index (χ4v) is 4.35. The molecule has 1 fully saturated rings. The molecule has 0 spiro atoms. The van der Waals surface area contributed by atoms with Crippen LogP contribution in [0.2, 0.25) is 0 Å². The molecule has 1 saturated heterocycles. The van der Waals surface area contributed by atoms with Gasteiger partial charge in [-0.3, -0.25) is 9.59 Å². The first-order valence-corrected chi connectivity index (χ1v) is 10.6. The highest BCUT2D eigenvalue weighted by atomic mass is 32.2. The highest BCUT2D eigenvalue weighted by molar-refractivity contribution is 7.89. The Morgan fingerprint density at radius 3 is 2.52 bits per heavy atom. The zero-order valence-electron chi connectivity index (χ0n) is 15.2. The van der Waals surface area contributed by atoms with E-state index in [1.165, 1.54) is 42.5 Å². The van der Waals surface area contributed by atoms with E-state index in [1.54, 1.807) is 12.1 Å². The predicted molar refractivity (Wildman–Crippen MR) is 103 cm³/mol. The number of carbonyl (C=O) groups excluding carboxylic acids is 2. The fourth-order valence-electron chi connectivity index (χ4n) is 2.76. The van der Waals surface area contributed by atoms with Crippen molar-refractivity contribution in [1.29, 1.82) is 0 Å². The van der Waals surface area contributed by atoms with E-state index < -0.39 is 15.9 Å². The van der Waals surface area contributed by atoms with Gasteiger partial charge in [-0.25, -0.2) is 17.7 Å². The van der Waals surface area contributed by atoms with Crippen LogP contribution in [0.4, 0.5) is 10.8 Å². The minimum Gasteiger partial charge on any atom is -0.312 e. The van der Waals surface area contributed by atoms with Crippen LogP contribution in [0.15, 0.2) is 34.5 Å². The van der Waals surface area contributed by atoms with Crippen LogP contribution in [-0.4, -0.2) is 50.2 Å². The number of anilines is 2. The number of hydrogen-bond acceptors (Lipinski definition) is 6. The van der Waals surface area contributed by atoms with Crippen LogP contribution in [0.1, 0.15) is 12.1 Å². The predicted octanol–water partition coefficient (Wildman–Crippen LogP) is 1.69. The number of rotatable bonds is 5. The van der Waals surface area contributed by atoms with Crippen LogP contribution in [0.25, 0.3) is 0 Å². The van der Waals surface area contributed by atoms with E-state index in [2.05, 4.69) is 10.3 Å². The average Bonchev–Trinajstić information content (AvgIpc) is 3.20. The third kappa shape index (κ3) is 4.02. The molecular weight excluding hydrogens is 388 g/mol. The molecule has 2 heterocycles. The van der Waals surface area contributed by atoms with Gasteiger partial charge in [0.15, 0.2) is 5.13 Å². The van der Waals surface area contributed by atoms with Gasteiger partial charge in [-0.1, -0.05) is 0 Å². The molecule has 0 saturated carbocycles. The molecule has 0 radical (unpaired) electrons. The Kier molecular flexibility index (Phi) is 5.31. The smallest absolute Gasteiger partial charge is 0.242 e. The van der Waals surface area contributed by atoms with E-state index in [1.807, 2.05) is 12.3 Å². The maximum Gasteiger partial charge on any atom is 0.242 e. The summed E-state index contributed by atoms with van der Waals surface area (Å²) in [6, 6.07) is 6.09. The average molecular weight is 409 g/mol. The molecule has 0 bridgehead atoms. The molecule has 1 aliphatic heterocycles. The number of benzene rings is 1. The number of nitrogens with one attached hydrogen (secondary N) is 1. The molecule has 144 valence electrons. The second-order valence-corrected chi connectivity index (χ2v) is 9.48. The van der Waals surface area contributed by atoms with Gasteiger partial charge in [0, 0.05) is 38.1 Å². The van der Waals surface area contributed by atoms with Gasteiger partial charge in [0.05, 0.1) is 16.5 Å². The van der Waals surface area contributed by atoms with Gasteiger partial charge in [-0.2, -0.15) is 0 Å². The molecule has 10 heteroatoms. The van der Waals surface area contributed by atoms with E-state index >= 15 is 0 Å². The molecule has 0 unspecified atom stereocenters. The number of sulfonamides is 1. The molecule has 1 N–H and O–H groups in total. The van der Waals surface area contributed by atoms with Crippen LogP contribution in [0.5, 0.6) is 0 Å². The quantitative estimate of drug-likeness (QED) is 0.812. The Bertz CT molecular complexity index is 967. The third-order valence-electron chi connectivity index (χ3n) is 4.27. The summed E-state index contributed by atoms with van der Waals surface area (Å²) in [7, 11) is -0.610. The normalized spacial score (nSPS) is 17.6. The molecule has 1 aromatic carbocycles. The number of thiazole rings is 1. The van der Waals surface area contributed by atoms with E-state index in [0.717, 1.165) is 10.00 Å². The number of carbonyl (C=O) groups is 2. The van der Waals surface area contributed by atoms with Crippen molar-refractivity contribution in [2.45, 2.75) is 18.2 Å². The van der Waals surface area contributed by atoms with Gasteiger partial charge in [0.25, 0.3) is 0 Å². The Morgan fingerprint density at radius 2 is 1.96 bits per heavy atom. The van der Waals surface area contributed by atoms with Crippen LogP contribution < -0.4 is 10.2 Å². The molecule has 3 rings (SSSR count). The van der Waals surface area contributed by atoms with Crippen molar-refractivity contribution in [2.24, 2.45) is 5.92 Å². The van der Waals surface area contributed by atoms with Crippen molar-refractivity contribution in [1.82, 2.24) is 9.29 Å². The molecule has 1 aliphatic rings. The summed E-state index contributed by atoms with van der Waals surface area (Å²) in [4.78, 5) is 30.6. The monoisotopic (exact) mass is 408 g/mol. The first-order chi connectivity index (χ1) is 12.7. The number of nitrogens with zero attached hydrogens (tertiary/aromatic N) is 3. The summed E-state index contributed by atoms with van der Waals surface area (Å²) in [5.74, 6) is -0.896. The summed E-state index contributed by atoms with van der Waals surface area (Å²) in [6.45, 7) is 2.09.